The van der Waals surface area contributed by atoms with E-state index in [-0.39, 0.29) is 30.1 Å². The van der Waals surface area contributed by atoms with Crippen LogP contribution in [0.3, 0.4) is 0 Å². The number of rotatable bonds is 8. The van der Waals surface area contributed by atoms with E-state index in [1.165, 1.54) is 0 Å². The molecule has 0 saturated heterocycles. The second-order valence-electron chi connectivity index (χ2n) is 5.91. The number of aliphatic hydroxyl groups is 1. The van der Waals surface area contributed by atoms with Crippen LogP contribution in [0, 0.1) is 0 Å². The molecular formula is C18H28IN5O2. The summed E-state index contributed by atoms with van der Waals surface area (Å²) < 4.78 is 5.67. The summed E-state index contributed by atoms with van der Waals surface area (Å²) in [6.45, 7) is 7.52. The van der Waals surface area contributed by atoms with Gasteiger partial charge in [-0.2, -0.15) is 5.10 Å². The third-order valence-electron chi connectivity index (χ3n) is 3.39. The molecule has 144 valence electrons. The molecule has 2 aromatic rings. The molecule has 0 spiro atoms. The highest BCUT2D eigenvalue weighted by Crippen LogP contribution is 2.19. The standard InChI is InChI=1S/C18H27N5O2.HI/c1-4-19-18(20-11-15-8-9-22-23-15)21-12-17(24)14-6-5-7-16(10-14)25-13(2)3;/h5-10,13,17,24H,4,11-12H2,1-3H3,(H,22,23)(H2,19,20,21);1H. The molecule has 2 rings (SSSR count). The Balaban J connectivity index is 0.00000338. The number of aromatic amines is 1. The minimum atomic E-state index is -0.660. The van der Waals surface area contributed by atoms with Crippen LogP contribution in [-0.2, 0) is 6.54 Å². The molecule has 26 heavy (non-hydrogen) atoms. The van der Waals surface area contributed by atoms with Crippen molar-refractivity contribution in [1.29, 1.82) is 0 Å². The van der Waals surface area contributed by atoms with Crippen molar-refractivity contribution in [3.05, 3.63) is 47.8 Å². The van der Waals surface area contributed by atoms with Gasteiger partial charge in [-0.1, -0.05) is 12.1 Å². The first kappa shape index (κ1) is 22.2. The zero-order valence-electron chi connectivity index (χ0n) is 15.4. The highest BCUT2D eigenvalue weighted by atomic mass is 127. The summed E-state index contributed by atoms with van der Waals surface area (Å²) in [5, 5.41) is 23.5. The third kappa shape index (κ3) is 7.61. The van der Waals surface area contributed by atoms with Gasteiger partial charge >= 0.3 is 0 Å². The first-order valence-electron chi connectivity index (χ1n) is 8.53. The molecule has 7 nitrogen and oxygen atoms in total. The molecule has 0 saturated carbocycles. The van der Waals surface area contributed by atoms with E-state index in [0.717, 1.165) is 23.6 Å². The monoisotopic (exact) mass is 473 g/mol. The Bertz CT molecular complexity index is 661. The number of benzene rings is 1. The van der Waals surface area contributed by atoms with Gasteiger partial charge in [0.25, 0.3) is 0 Å². The fourth-order valence-corrected chi connectivity index (χ4v) is 2.26. The summed E-state index contributed by atoms with van der Waals surface area (Å²) >= 11 is 0. The number of aliphatic hydroxyl groups excluding tert-OH is 1. The smallest absolute Gasteiger partial charge is 0.191 e. The van der Waals surface area contributed by atoms with Crippen LogP contribution in [0.2, 0.25) is 0 Å². The molecule has 0 aliphatic heterocycles. The van der Waals surface area contributed by atoms with Crippen molar-refractivity contribution in [3.8, 4) is 5.75 Å². The maximum absolute atomic E-state index is 10.4. The van der Waals surface area contributed by atoms with Gasteiger partial charge in [0.05, 0.1) is 24.4 Å². The number of hydrogen-bond donors (Lipinski definition) is 4. The fourth-order valence-electron chi connectivity index (χ4n) is 2.26. The molecule has 1 atom stereocenters. The van der Waals surface area contributed by atoms with Crippen LogP contribution < -0.4 is 15.4 Å². The van der Waals surface area contributed by atoms with E-state index in [1.807, 2.05) is 51.1 Å². The predicted molar refractivity (Wildman–Crippen MR) is 114 cm³/mol. The van der Waals surface area contributed by atoms with Crippen molar-refractivity contribution in [2.75, 3.05) is 13.1 Å². The van der Waals surface area contributed by atoms with Crippen molar-refractivity contribution in [2.45, 2.75) is 39.5 Å². The summed E-state index contributed by atoms with van der Waals surface area (Å²) in [4.78, 5) is 4.47. The Hall–Kier alpha value is -1.81. The summed E-state index contributed by atoms with van der Waals surface area (Å²) in [6, 6.07) is 9.39. The van der Waals surface area contributed by atoms with Crippen LogP contribution in [0.15, 0.2) is 41.5 Å². The highest BCUT2D eigenvalue weighted by molar-refractivity contribution is 14.0. The Labute approximate surface area is 171 Å². The van der Waals surface area contributed by atoms with Crippen molar-refractivity contribution < 1.29 is 9.84 Å². The number of aliphatic imine (C=N–C) groups is 1. The molecule has 1 aromatic heterocycles. The van der Waals surface area contributed by atoms with Crippen LogP contribution in [0.25, 0.3) is 0 Å². The molecule has 0 aliphatic rings. The number of aromatic nitrogens is 2. The first-order valence-corrected chi connectivity index (χ1v) is 8.53. The van der Waals surface area contributed by atoms with Gasteiger partial charge in [0, 0.05) is 19.3 Å². The summed E-state index contributed by atoms with van der Waals surface area (Å²) in [6.07, 6.45) is 1.13. The van der Waals surface area contributed by atoms with E-state index in [4.69, 9.17) is 4.74 Å². The zero-order valence-corrected chi connectivity index (χ0v) is 17.7. The Morgan fingerprint density at radius 1 is 1.31 bits per heavy atom. The lowest BCUT2D eigenvalue weighted by Gasteiger charge is -2.17. The number of halogens is 1. The maximum Gasteiger partial charge on any atom is 0.191 e. The molecule has 0 fully saturated rings. The van der Waals surface area contributed by atoms with E-state index in [0.29, 0.717) is 19.0 Å². The molecule has 0 radical (unpaired) electrons. The largest absolute Gasteiger partial charge is 0.491 e. The minimum absolute atomic E-state index is 0. The quantitative estimate of drug-likeness (QED) is 0.269. The minimum Gasteiger partial charge on any atom is -0.491 e. The van der Waals surface area contributed by atoms with E-state index in [9.17, 15) is 5.11 Å². The average Bonchev–Trinajstić information content (AvgIpc) is 3.10. The number of guanidine groups is 1. The van der Waals surface area contributed by atoms with Gasteiger partial charge in [-0.25, -0.2) is 4.99 Å². The normalized spacial score (nSPS) is 12.4. The lowest BCUT2D eigenvalue weighted by molar-refractivity contribution is 0.179. The van der Waals surface area contributed by atoms with Crippen molar-refractivity contribution in [2.24, 2.45) is 4.99 Å². The van der Waals surface area contributed by atoms with E-state index >= 15 is 0 Å². The van der Waals surface area contributed by atoms with Gasteiger partial charge in [0.2, 0.25) is 0 Å². The maximum atomic E-state index is 10.4. The molecule has 0 amide bonds. The number of ether oxygens (including phenoxy) is 1. The predicted octanol–water partition coefficient (Wildman–Crippen LogP) is 2.60. The fraction of sp³-hybridized carbons (Fsp3) is 0.444. The molecule has 1 unspecified atom stereocenters. The van der Waals surface area contributed by atoms with Crippen molar-refractivity contribution in [3.63, 3.8) is 0 Å². The molecule has 4 N–H and O–H groups in total. The molecule has 0 bridgehead atoms. The number of nitrogens with one attached hydrogen (secondary N) is 3. The van der Waals surface area contributed by atoms with Gasteiger partial charge < -0.3 is 20.5 Å². The van der Waals surface area contributed by atoms with Crippen LogP contribution in [0.4, 0.5) is 0 Å². The van der Waals surface area contributed by atoms with Crippen LogP contribution in [0.5, 0.6) is 5.75 Å². The number of H-pyrrole nitrogens is 1. The molecule has 8 heteroatoms. The highest BCUT2D eigenvalue weighted by Gasteiger charge is 2.10. The van der Waals surface area contributed by atoms with Crippen molar-refractivity contribution >= 4 is 29.9 Å². The van der Waals surface area contributed by atoms with Crippen LogP contribution in [-0.4, -0.2) is 40.5 Å². The average molecular weight is 473 g/mol. The van der Waals surface area contributed by atoms with Gasteiger partial charge in [-0.3, -0.25) is 5.10 Å². The molecular weight excluding hydrogens is 445 g/mol. The zero-order chi connectivity index (χ0) is 18.1. The third-order valence-corrected chi connectivity index (χ3v) is 3.39. The van der Waals surface area contributed by atoms with Gasteiger partial charge in [0.15, 0.2) is 5.96 Å². The lowest BCUT2D eigenvalue weighted by atomic mass is 10.1. The number of nitrogens with zero attached hydrogens (tertiary/aromatic N) is 2. The second kappa shape index (κ2) is 11.7. The van der Waals surface area contributed by atoms with Crippen molar-refractivity contribution in [1.82, 2.24) is 20.8 Å². The summed E-state index contributed by atoms with van der Waals surface area (Å²) in [7, 11) is 0. The molecule has 0 aliphatic carbocycles. The number of hydrogen-bond acceptors (Lipinski definition) is 4. The van der Waals surface area contributed by atoms with Crippen LogP contribution >= 0.6 is 24.0 Å². The SMILES string of the molecule is CCNC(=NCc1ccn[nH]1)NCC(O)c1cccc(OC(C)C)c1.I. The van der Waals surface area contributed by atoms with E-state index in [1.54, 1.807) is 6.20 Å². The summed E-state index contributed by atoms with van der Waals surface area (Å²) in [5.41, 5.74) is 1.73. The van der Waals surface area contributed by atoms with E-state index in [2.05, 4.69) is 25.8 Å². The molecule has 1 aromatic carbocycles. The van der Waals surface area contributed by atoms with Gasteiger partial charge in [0.1, 0.15) is 5.75 Å². The summed E-state index contributed by atoms with van der Waals surface area (Å²) in [5.74, 6) is 1.40. The topological polar surface area (TPSA) is 94.6 Å². The Kier molecular flexibility index (Phi) is 10.0. The van der Waals surface area contributed by atoms with Crippen LogP contribution in [0.1, 0.15) is 38.1 Å². The van der Waals surface area contributed by atoms with E-state index < -0.39 is 6.10 Å². The first-order chi connectivity index (χ1) is 12.1. The molecule has 1 heterocycles. The second-order valence-corrected chi connectivity index (χ2v) is 5.91. The Morgan fingerprint density at radius 2 is 2.12 bits per heavy atom. The Morgan fingerprint density at radius 3 is 2.77 bits per heavy atom. The van der Waals surface area contributed by atoms with Gasteiger partial charge in [-0.15, -0.1) is 24.0 Å². The lowest BCUT2D eigenvalue weighted by Crippen LogP contribution is -2.39. The van der Waals surface area contributed by atoms with Gasteiger partial charge in [-0.05, 0) is 44.5 Å².